The summed E-state index contributed by atoms with van der Waals surface area (Å²) in [6.07, 6.45) is 5.50. The molecule has 0 heterocycles. The number of nitrogens with zero attached hydrogens (tertiary/aromatic N) is 1. The van der Waals surface area contributed by atoms with Crippen molar-refractivity contribution < 1.29 is 0 Å². The molecule has 1 aliphatic rings. The fourth-order valence-electron chi connectivity index (χ4n) is 4.05. The molecule has 1 fully saturated rings. The van der Waals surface area contributed by atoms with Gasteiger partial charge >= 0.3 is 0 Å². The summed E-state index contributed by atoms with van der Waals surface area (Å²) in [7, 11) is 2.33. The molecule has 0 amide bonds. The highest BCUT2D eigenvalue weighted by molar-refractivity contribution is 4.87. The third-order valence-corrected chi connectivity index (χ3v) is 5.52. The smallest absolute Gasteiger partial charge is 0.0108 e. The van der Waals surface area contributed by atoms with Gasteiger partial charge in [0.2, 0.25) is 0 Å². The van der Waals surface area contributed by atoms with Gasteiger partial charge in [-0.25, -0.2) is 0 Å². The average Bonchev–Trinajstić information content (AvgIpc) is 2.39. The maximum Gasteiger partial charge on any atom is 0.0108 e. The summed E-state index contributed by atoms with van der Waals surface area (Å²) in [4.78, 5) is 2.61. The Kier molecular flexibility index (Phi) is 8.26. The second-order valence-electron chi connectivity index (χ2n) is 8.16. The predicted molar refractivity (Wildman–Crippen MR) is 94.7 cm³/mol. The van der Waals surface area contributed by atoms with E-state index >= 15 is 0 Å². The molecule has 0 spiro atoms. The van der Waals surface area contributed by atoms with Crippen molar-refractivity contribution in [2.24, 2.45) is 23.7 Å². The zero-order valence-corrected chi connectivity index (χ0v) is 15.7. The molecule has 1 saturated carbocycles. The van der Waals surface area contributed by atoms with Gasteiger partial charge in [-0.3, -0.25) is 0 Å². The Bertz CT molecular complexity index is 275. The SMILES string of the molecule is CCNC1CCC(C(C)C)CC1CN(C)C(C)CC(C)C. The van der Waals surface area contributed by atoms with Crippen molar-refractivity contribution in [3.05, 3.63) is 0 Å². The molecule has 0 bridgehead atoms. The topological polar surface area (TPSA) is 15.3 Å². The van der Waals surface area contributed by atoms with Gasteiger partial charge < -0.3 is 10.2 Å². The molecule has 0 aromatic heterocycles. The Morgan fingerprint density at radius 1 is 1.10 bits per heavy atom. The van der Waals surface area contributed by atoms with Gasteiger partial charge in [0.1, 0.15) is 0 Å². The van der Waals surface area contributed by atoms with E-state index in [4.69, 9.17) is 0 Å². The molecule has 21 heavy (non-hydrogen) atoms. The zero-order valence-electron chi connectivity index (χ0n) is 15.7. The third-order valence-electron chi connectivity index (χ3n) is 5.52. The fraction of sp³-hybridized carbons (Fsp3) is 1.00. The van der Waals surface area contributed by atoms with Crippen molar-refractivity contribution >= 4 is 0 Å². The van der Waals surface area contributed by atoms with Crippen molar-refractivity contribution in [3.8, 4) is 0 Å². The molecule has 0 saturated heterocycles. The van der Waals surface area contributed by atoms with Crippen LogP contribution in [0.15, 0.2) is 0 Å². The monoisotopic (exact) mass is 296 g/mol. The highest BCUT2D eigenvalue weighted by Crippen LogP contribution is 2.34. The summed E-state index contributed by atoms with van der Waals surface area (Å²) >= 11 is 0. The van der Waals surface area contributed by atoms with Gasteiger partial charge in [0.05, 0.1) is 0 Å². The van der Waals surface area contributed by atoms with Gasteiger partial charge in [0.25, 0.3) is 0 Å². The van der Waals surface area contributed by atoms with Gasteiger partial charge in [0.15, 0.2) is 0 Å². The lowest BCUT2D eigenvalue weighted by molar-refractivity contribution is 0.112. The van der Waals surface area contributed by atoms with E-state index in [1.807, 2.05) is 0 Å². The van der Waals surface area contributed by atoms with Gasteiger partial charge in [-0.15, -0.1) is 0 Å². The third kappa shape index (κ3) is 6.28. The second kappa shape index (κ2) is 9.15. The van der Waals surface area contributed by atoms with Crippen LogP contribution in [0.3, 0.4) is 0 Å². The molecule has 4 unspecified atom stereocenters. The van der Waals surface area contributed by atoms with Crippen LogP contribution >= 0.6 is 0 Å². The predicted octanol–water partition coefficient (Wildman–Crippen LogP) is 4.40. The lowest BCUT2D eigenvalue weighted by Gasteiger charge is -2.41. The van der Waals surface area contributed by atoms with E-state index in [0.717, 1.165) is 36.3 Å². The molecule has 0 aromatic carbocycles. The van der Waals surface area contributed by atoms with E-state index in [0.29, 0.717) is 6.04 Å². The largest absolute Gasteiger partial charge is 0.314 e. The summed E-state index contributed by atoms with van der Waals surface area (Å²) in [5, 5.41) is 3.75. The first kappa shape index (κ1) is 19.0. The maximum atomic E-state index is 3.75. The molecular weight excluding hydrogens is 256 g/mol. The Balaban J connectivity index is 2.60. The van der Waals surface area contributed by atoms with Gasteiger partial charge in [-0.1, -0.05) is 34.6 Å². The van der Waals surface area contributed by atoms with Crippen LogP contribution in [0.5, 0.6) is 0 Å². The van der Waals surface area contributed by atoms with Crippen LogP contribution in [0.1, 0.15) is 67.2 Å². The first-order valence-corrected chi connectivity index (χ1v) is 9.28. The molecule has 1 N–H and O–H groups in total. The summed E-state index contributed by atoms with van der Waals surface area (Å²) in [6.45, 7) is 16.5. The minimum atomic E-state index is 0.701. The lowest BCUT2D eigenvalue weighted by atomic mass is 9.73. The van der Waals surface area contributed by atoms with Gasteiger partial charge in [-0.2, -0.15) is 0 Å². The van der Waals surface area contributed by atoms with Crippen LogP contribution in [0.25, 0.3) is 0 Å². The van der Waals surface area contributed by atoms with E-state index in [-0.39, 0.29) is 0 Å². The normalized spacial score (nSPS) is 28.6. The summed E-state index contributed by atoms with van der Waals surface area (Å²) in [5.74, 6) is 3.39. The highest BCUT2D eigenvalue weighted by Gasteiger charge is 2.32. The first-order valence-electron chi connectivity index (χ1n) is 9.28. The van der Waals surface area contributed by atoms with Crippen LogP contribution in [0, 0.1) is 23.7 Å². The molecule has 1 rings (SSSR count). The quantitative estimate of drug-likeness (QED) is 0.714. The van der Waals surface area contributed by atoms with Crippen molar-refractivity contribution in [1.82, 2.24) is 10.2 Å². The number of nitrogens with one attached hydrogen (secondary N) is 1. The molecule has 2 nitrogen and oxygen atoms in total. The van der Waals surface area contributed by atoms with Crippen LogP contribution in [-0.4, -0.2) is 37.1 Å². The van der Waals surface area contributed by atoms with Gasteiger partial charge in [0, 0.05) is 18.6 Å². The van der Waals surface area contributed by atoms with Gasteiger partial charge in [-0.05, 0) is 69.9 Å². The van der Waals surface area contributed by atoms with Crippen molar-refractivity contribution in [1.29, 1.82) is 0 Å². The van der Waals surface area contributed by atoms with Crippen molar-refractivity contribution in [2.75, 3.05) is 20.1 Å². The fourth-order valence-corrected chi connectivity index (χ4v) is 4.05. The van der Waals surface area contributed by atoms with E-state index in [1.165, 1.54) is 32.2 Å². The van der Waals surface area contributed by atoms with E-state index in [9.17, 15) is 0 Å². The minimum Gasteiger partial charge on any atom is -0.314 e. The molecule has 0 radical (unpaired) electrons. The van der Waals surface area contributed by atoms with Crippen LogP contribution in [0.2, 0.25) is 0 Å². The molecule has 4 atom stereocenters. The van der Waals surface area contributed by atoms with E-state index in [2.05, 4.69) is 58.8 Å². The molecule has 1 aliphatic carbocycles. The number of hydrogen-bond acceptors (Lipinski definition) is 2. The zero-order chi connectivity index (χ0) is 16.0. The molecule has 2 heteroatoms. The maximum absolute atomic E-state index is 3.75. The Labute approximate surface area is 134 Å². The van der Waals surface area contributed by atoms with Crippen LogP contribution < -0.4 is 5.32 Å². The number of rotatable bonds is 8. The molecular formula is C19H40N2. The Hall–Kier alpha value is -0.0800. The average molecular weight is 297 g/mol. The van der Waals surface area contributed by atoms with Crippen molar-refractivity contribution in [3.63, 3.8) is 0 Å². The van der Waals surface area contributed by atoms with E-state index < -0.39 is 0 Å². The minimum absolute atomic E-state index is 0.701. The molecule has 126 valence electrons. The van der Waals surface area contributed by atoms with Crippen LogP contribution in [0.4, 0.5) is 0 Å². The van der Waals surface area contributed by atoms with Crippen molar-refractivity contribution in [2.45, 2.75) is 79.3 Å². The summed E-state index contributed by atoms with van der Waals surface area (Å²) in [6, 6.07) is 1.44. The van der Waals surface area contributed by atoms with E-state index in [1.54, 1.807) is 0 Å². The highest BCUT2D eigenvalue weighted by atomic mass is 15.1. The molecule has 0 aliphatic heterocycles. The standard InChI is InChI=1S/C19H40N2/c1-8-20-19-10-9-17(15(4)5)12-18(19)13-21(7)16(6)11-14(2)3/h14-20H,8-13H2,1-7H3. The Morgan fingerprint density at radius 3 is 2.29 bits per heavy atom. The summed E-state index contributed by atoms with van der Waals surface area (Å²) < 4.78 is 0. The molecule has 0 aromatic rings. The first-order chi connectivity index (χ1) is 9.85. The lowest BCUT2D eigenvalue weighted by Crippen LogP contribution is -2.47. The summed E-state index contributed by atoms with van der Waals surface area (Å²) in [5.41, 5.74) is 0. The Morgan fingerprint density at radius 2 is 1.76 bits per heavy atom. The second-order valence-corrected chi connectivity index (χ2v) is 8.16. The van der Waals surface area contributed by atoms with Crippen LogP contribution in [-0.2, 0) is 0 Å². The number of hydrogen-bond donors (Lipinski definition) is 1.